The van der Waals surface area contributed by atoms with Gasteiger partial charge in [-0.1, -0.05) is 31.4 Å². The van der Waals surface area contributed by atoms with Crippen LogP contribution in [0.1, 0.15) is 49.4 Å². The average Bonchev–Trinajstić information content (AvgIpc) is 2.46. The zero-order valence-electron chi connectivity index (χ0n) is 11.3. The Bertz CT molecular complexity index is 473. The van der Waals surface area contributed by atoms with E-state index in [1.807, 2.05) is 0 Å². The van der Waals surface area contributed by atoms with Crippen molar-refractivity contribution in [1.82, 2.24) is 0 Å². The first-order valence-electron chi connectivity index (χ1n) is 6.97. The van der Waals surface area contributed by atoms with E-state index in [-0.39, 0.29) is 28.8 Å². The van der Waals surface area contributed by atoms with Crippen LogP contribution in [0.2, 0.25) is 0 Å². The molecule has 1 N–H and O–H groups in total. The molecule has 0 radical (unpaired) electrons. The van der Waals surface area contributed by atoms with E-state index < -0.39 is 5.92 Å². The largest absolute Gasteiger partial charge is 0.507 e. The molecule has 1 unspecified atom stereocenters. The SMILES string of the molecule is CC(C(=O)c1ccccc1O)C(=O)C1CCCCC1. The number of rotatable bonds is 4. The minimum atomic E-state index is -0.656. The summed E-state index contributed by atoms with van der Waals surface area (Å²) in [6, 6.07) is 6.41. The van der Waals surface area contributed by atoms with Gasteiger partial charge in [0.2, 0.25) is 0 Å². The third kappa shape index (κ3) is 3.03. The maximum atomic E-state index is 12.3. The lowest BCUT2D eigenvalue weighted by Crippen LogP contribution is -2.29. The molecule has 102 valence electrons. The molecule has 0 saturated heterocycles. The zero-order chi connectivity index (χ0) is 13.8. The van der Waals surface area contributed by atoms with Gasteiger partial charge in [-0.25, -0.2) is 0 Å². The van der Waals surface area contributed by atoms with E-state index in [9.17, 15) is 14.7 Å². The number of hydrogen-bond donors (Lipinski definition) is 1. The lowest BCUT2D eigenvalue weighted by molar-refractivity contribution is -0.125. The molecule has 0 aromatic heterocycles. The Hall–Kier alpha value is -1.64. The Labute approximate surface area is 113 Å². The molecule has 1 saturated carbocycles. The summed E-state index contributed by atoms with van der Waals surface area (Å²) < 4.78 is 0. The minimum absolute atomic E-state index is 0.0264. The number of Topliss-reactive ketones (excluding diaryl/α,β-unsaturated/α-hetero) is 2. The van der Waals surface area contributed by atoms with Crippen molar-refractivity contribution in [3.05, 3.63) is 29.8 Å². The number of para-hydroxylation sites is 1. The highest BCUT2D eigenvalue weighted by molar-refractivity contribution is 6.12. The Morgan fingerprint density at radius 3 is 2.42 bits per heavy atom. The first kappa shape index (κ1) is 13.8. The van der Waals surface area contributed by atoms with Crippen LogP contribution in [0.15, 0.2) is 24.3 Å². The molecular formula is C16H20O3. The predicted molar refractivity (Wildman–Crippen MR) is 73.2 cm³/mol. The summed E-state index contributed by atoms with van der Waals surface area (Å²) in [7, 11) is 0. The Balaban J connectivity index is 2.10. The predicted octanol–water partition coefficient (Wildman–Crippen LogP) is 3.36. The average molecular weight is 260 g/mol. The second kappa shape index (κ2) is 6.00. The van der Waals surface area contributed by atoms with Crippen molar-refractivity contribution in [2.45, 2.75) is 39.0 Å². The zero-order valence-corrected chi connectivity index (χ0v) is 11.3. The third-order valence-electron chi connectivity index (χ3n) is 4.00. The molecule has 3 nitrogen and oxygen atoms in total. The Kier molecular flexibility index (Phi) is 4.35. The molecule has 0 amide bonds. The molecule has 2 rings (SSSR count). The molecule has 1 aromatic carbocycles. The molecule has 1 aliphatic rings. The molecule has 19 heavy (non-hydrogen) atoms. The fraction of sp³-hybridized carbons (Fsp3) is 0.500. The van der Waals surface area contributed by atoms with Crippen molar-refractivity contribution in [3.8, 4) is 5.75 Å². The van der Waals surface area contributed by atoms with Crippen molar-refractivity contribution >= 4 is 11.6 Å². The molecular weight excluding hydrogens is 240 g/mol. The number of ketones is 2. The van der Waals surface area contributed by atoms with Gasteiger partial charge in [-0.05, 0) is 31.9 Å². The molecule has 1 fully saturated rings. The summed E-state index contributed by atoms with van der Waals surface area (Å²) in [5.74, 6) is -0.910. The van der Waals surface area contributed by atoms with Crippen molar-refractivity contribution < 1.29 is 14.7 Å². The first-order chi connectivity index (χ1) is 9.11. The van der Waals surface area contributed by atoms with E-state index in [0.717, 1.165) is 25.7 Å². The van der Waals surface area contributed by atoms with Crippen LogP contribution < -0.4 is 0 Å². The van der Waals surface area contributed by atoms with E-state index in [1.54, 1.807) is 25.1 Å². The second-order valence-electron chi connectivity index (χ2n) is 5.34. The van der Waals surface area contributed by atoms with Crippen LogP contribution in [-0.2, 0) is 4.79 Å². The summed E-state index contributed by atoms with van der Waals surface area (Å²) in [6.45, 7) is 1.66. The number of phenolic OH excluding ortho intramolecular Hbond substituents is 1. The van der Waals surface area contributed by atoms with Gasteiger partial charge in [-0.3, -0.25) is 9.59 Å². The van der Waals surface area contributed by atoms with Crippen LogP contribution in [-0.4, -0.2) is 16.7 Å². The monoisotopic (exact) mass is 260 g/mol. The van der Waals surface area contributed by atoms with Crippen LogP contribution in [0.3, 0.4) is 0 Å². The number of carbonyl (C=O) groups is 2. The summed E-state index contributed by atoms with van der Waals surface area (Å²) in [5.41, 5.74) is 0.249. The lowest BCUT2D eigenvalue weighted by atomic mass is 9.80. The fourth-order valence-corrected chi connectivity index (χ4v) is 2.79. The third-order valence-corrected chi connectivity index (χ3v) is 4.00. The van der Waals surface area contributed by atoms with E-state index in [0.29, 0.717) is 0 Å². The van der Waals surface area contributed by atoms with Gasteiger partial charge in [0.15, 0.2) is 5.78 Å². The minimum Gasteiger partial charge on any atom is -0.507 e. The highest BCUT2D eigenvalue weighted by atomic mass is 16.3. The molecule has 0 bridgehead atoms. The van der Waals surface area contributed by atoms with Gasteiger partial charge in [0.25, 0.3) is 0 Å². The first-order valence-corrected chi connectivity index (χ1v) is 6.97. The Morgan fingerprint density at radius 2 is 1.79 bits per heavy atom. The van der Waals surface area contributed by atoms with Gasteiger partial charge in [-0.2, -0.15) is 0 Å². The molecule has 0 aliphatic heterocycles. The van der Waals surface area contributed by atoms with Gasteiger partial charge in [0, 0.05) is 5.92 Å². The number of aromatic hydroxyl groups is 1. The highest BCUT2D eigenvalue weighted by Crippen LogP contribution is 2.28. The van der Waals surface area contributed by atoms with Crippen LogP contribution >= 0.6 is 0 Å². The van der Waals surface area contributed by atoms with E-state index >= 15 is 0 Å². The van der Waals surface area contributed by atoms with Gasteiger partial charge >= 0.3 is 0 Å². The maximum absolute atomic E-state index is 12.3. The molecule has 0 spiro atoms. The smallest absolute Gasteiger partial charge is 0.176 e. The van der Waals surface area contributed by atoms with E-state index in [1.165, 1.54) is 12.5 Å². The number of benzene rings is 1. The van der Waals surface area contributed by atoms with Gasteiger partial charge < -0.3 is 5.11 Å². The number of hydrogen-bond acceptors (Lipinski definition) is 3. The van der Waals surface area contributed by atoms with Crippen LogP contribution in [0.4, 0.5) is 0 Å². The standard InChI is InChI=1S/C16H20O3/c1-11(15(18)12-7-3-2-4-8-12)16(19)13-9-5-6-10-14(13)17/h5-6,9-12,17H,2-4,7-8H2,1H3. The second-order valence-corrected chi connectivity index (χ2v) is 5.34. The summed E-state index contributed by atoms with van der Waals surface area (Å²) >= 11 is 0. The van der Waals surface area contributed by atoms with Crippen molar-refractivity contribution in [2.75, 3.05) is 0 Å². The van der Waals surface area contributed by atoms with Crippen LogP contribution in [0, 0.1) is 11.8 Å². The van der Waals surface area contributed by atoms with Crippen LogP contribution in [0.5, 0.6) is 5.75 Å². The maximum Gasteiger partial charge on any atom is 0.176 e. The Morgan fingerprint density at radius 1 is 1.16 bits per heavy atom. The highest BCUT2D eigenvalue weighted by Gasteiger charge is 2.30. The van der Waals surface area contributed by atoms with Gasteiger partial charge in [0.1, 0.15) is 11.5 Å². The van der Waals surface area contributed by atoms with Gasteiger partial charge in [-0.15, -0.1) is 0 Å². The van der Waals surface area contributed by atoms with Crippen LogP contribution in [0.25, 0.3) is 0 Å². The number of phenols is 1. The summed E-state index contributed by atoms with van der Waals surface area (Å²) in [4.78, 5) is 24.6. The fourth-order valence-electron chi connectivity index (χ4n) is 2.79. The topological polar surface area (TPSA) is 54.4 Å². The van der Waals surface area contributed by atoms with Crippen molar-refractivity contribution in [2.24, 2.45) is 11.8 Å². The van der Waals surface area contributed by atoms with E-state index in [4.69, 9.17) is 0 Å². The normalized spacial score (nSPS) is 17.9. The van der Waals surface area contributed by atoms with Gasteiger partial charge in [0.05, 0.1) is 11.5 Å². The lowest BCUT2D eigenvalue weighted by Gasteiger charge is -2.23. The molecule has 1 aliphatic carbocycles. The molecule has 3 heteroatoms. The molecule has 0 heterocycles. The molecule has 1 atom stereocenters. The van der Waals surface area contributed by atoms with Crippen molar-refractivity contribution in [3.63, 3.8) is 0 Å². The molecule has 1 aromatic rings. The number of carbonyl (C=O) groups excluding carboxylic acids is 2. The summed E-state index contributed by atoms with van der Waals surface area (Å²) in [6.07, 6.45) is 5.14. The van der Waals surface area contributed by atoms with E-state index in [2.05, 4.69) is 0 Å². The quantitative estimate of drug-likeness (QED) is 0.667. The van der Waals surface area contributed by atoms with Crippen molar-refractivity contribution in [1.29, 1.82) is 0 Å². The summed E-state index contributed by atoms with van der Waals surface area (Å²) in [5, 5.41) is 9.69.